The van der Waals surface area contributed by atoms with Gasteiger partial charge in [0.2, 0.25) is 5.91 Å². The summed E-state index contributed by atoms with van der Waals surface area (Å²) in [5.41, 5.74) is 0. The number of carboxylic acids is 1. The van der Waals surface area contributed by atoms with Crippen LogP contribution in [0.15, 0.2) is 0 Å². The van der Waals surface area contributed by atoms with Crippen molar-refractivity contribution in [3.05, 3.63) is 0 Å². The number of ether oxygens (including phenoxy) is 2. The maximum absolute atomic E-state index is 12.4. The fourth-order valence-corrected chi connectivity index (χ4v) is 3.85. The van der Waals surface area contributed by atoms with E-state index in [-0.39, 0.29) is 35.9 Å². The van der Waals surface area contributed by atoms with Gasteiger partial charge in [-0.15, -0.1) is 0 Å². The molecule has 4 atom stereocenters. The Kier molecular flexibility index (Phi) is 4.68. The lowest BCUT2D eigenvalue weighted by molar-refractivity contribution is -0.146. The minimum absolute atomic E-state index is 0.0472. The molecule has 0 unspecified atom stereocenters. The van der Waals surface area contributed by atoms with E-state index in [1.54, 1.807) is 0 Å². The Morgan fingerprint density at radius 2 is 1.95 bits per heavy atom. The van der Waals surface area contributed by atoms with Crippen molar-refractivity contribution < 1.29 is 24.2 Å². The zero-order chi connectivity index (χ0) is 15.7. The first-order chi connectivity index (χ1) is 10.6. The Hall–Kier alpha value is -1.14. The molecule has 6 nitrogen and oxygen atoms in total. The maximum Gasteiger partial charge on any atom is 0.309 e. The van der Waals surface area contributed by atoms with E-state index < -0.39 is 5.97 Å². The molecule has 0 aromatic heterocycles. The number of hydrogen-bond donors (Lipinski definition) is 1. The molecule has 0 radical (unpaired) electrons. The Bertz CT molecular complexity index is 432. The van der Waals surface area contributed by atoms with Gasteiger partial charge in [0.25, 0.3) is 0 Å². The molecule has 0 spiro atoms. The van der Waals surface area contributed by atoms with Gasteiger partial charge in [0, 0.05) is 26.3 Å². The summed E-state index contributed by atoms with van der Waals surface area (Å²) < 4.78 is 11.2. The van der Waals surface area contributed by atoms with Crippen molar-refractivity contribution in [2.75, 3.05) is 26.3 Å². The van der Waals surface area contributed by atoms with Crippen LogP contribution in [0.4, 0.5) is 0 Å². The average molecular weight is 311 g/mol. The first-order valence-corrected chi connectivity index (χ1v) is 8.36. The molecule has 1 N–H and O–H groups in total. The second-order valence-corrected chi connectivity index (χ2v) is 6.57. The number of likely N-dealkylation sites (tertiary alicyclic amines) is 1. The van der Waals surface area contributed by atoms with Crippen LogP contribution in [-0.4, -0.2) is 60.4 Å². The van der Waals surface area contributed by atoms with Crippen molar-refractivity contribution in [3.8, 4) is 0 Å². The molecule has 2 saturated heterocycles. The van der Waals surface area contributed by atoms with Crippen LogP contribution in [0.5, 0.6) is 0 Å². The molecule has 1 aliphatic carbocycles. The lowest BCUT2D eigenvalue weighted by Gasteiger charge is -2.35. The largest absolute Gasteiger partial charge is 0.481 e. The quantitative estimate of drug-likeness (QED) is 0.824. The van der Waals surface area contributed by atoms with Gasteiger partial charge in [-0.25, -0.2) is 0 Å². The van der Waals surface area contributed by atoms with Crippen molar-refractivity contribution >= 4 is 11.9 Å². The van der Waals surface area contributed by atoms with Crippen LogP contribution in [0.2, 0.25) is 0 Å². The van der Waals surface area contributed by atoms with Crippen LogP contribution in [0, 0.1) is 17.8 Å². The number of carboxylic acid groups (broad SMARTS) is 1. The van der Waals surface area contributed by atoms with Gasteiger partial charge in [0.15, 0.2) is 0 Å². The lowest BCUT2D eigenvalue weighted by Crippen LogP contribution is -2.44. The molecule has 0 bridgehead atoms. The zero-order valence-corrected chi connectivity index (χ0v) is 13.1. The fourth-order valence-electron chi connectivity index (χ4n) is 3.85. The highest BCUT2D eigenvalue weighted by Gasteiger charge is 2.47. The van der Waals surface area contributed by atoms with Crippen molar-refractivity contribution in [2.45, 2.75) is 44.8 Å². The van der Waals surface area contributed by atoms with Crippen LogP contribution < -0.4 is 0 Å². The summed E-state index contributed by atoms with van der Waals surface area (Å²) in [5.74, 6) is -0.615. The molecule has 2 heterocycles. The van der Waals surface area contributed by atoms with Crippen LogP contribution in [0.25, 0.3) is 0 Å². The standard InChI is InChI=1S/C16H25NO5/c1-2-21-13-9-12(13)15(18)17-6-3-10(4-7-17)14-11(16(19)20)5-8-22-14/h10-14H,2-9H2,1H3,(H,19,20)/t11-,12-,13-,14+/m1/s1. The van der Waals surface area contributed by atoms with Gasteiger partial charge in [-0.2, -0.15) is 0 Å². The van der Waals surface area contributed by atoms with Gasteiger partial charge in [0.1, 0.15) is 0 Å². The Morgan fingerprint density at radius 3 is 2.59 bits per heavy atom. The fraction of sp³-hybridized carbons (Fsp3) is 0.875. The van der Waals surface area contributed by atoms with Crippen LogP contribution in [-0.2, 0) is 19.1 Å². The summed E-state index contributed by atoms with van der Waals surface area (Å²) in [6, 6.07) is 0. The third-order valence-corrected chi connectivity index (χ3v) is 5.20. The number of rotatable bonds is 5. The second kappa shape index (κ2) is 6.54. The van der Waals surface area contributed by atoms with Crippen molar-refractivity contribution in [1.29, 1.82) is 0 Å². The van der Waals surface area contributed by atoms with Crippen LogP contribution in [0.1, 0.15) is 32.6 Å². The summed E-state index contributed by atoms with van der Waals surface area (Å²) in [6.45, 7) is 4.58. The molecule has 3 rings (SSSR count). The first-order valence-electron chi connectivity index (χ1n) is 8.36. The van der Waals surface area contributed by atoms with Gasteiger partial charge in [0.05, 0.1) is 24.0 Å². The number of carbonyl (C=O) groups is 2. The normalized spacial score (nSPS) is 35.6. The molecule has 3 aliphatic rings. The van der Waals surface area contributed by atoms with E-state index >= 15 is 0 Å². The molecular formula is C16H25NO5. The molecule has 6 heteroatoms. The predicted octanol–water partition coefficient (Wildman–Crippen LogP) is 1.14. The lowest BCUT2D eigenvalue weighted by atomic mass is 9.84. The van der Waals surface area contributed by atoms with E-state index in [1.807, 2.05) is 11.8 Å². The Balaban J connectivity index is 1.48. The molecule has 3 fully saturated rings. The van der Waals surface area contributed by atoms with Crippen molar-refractivity contribution in [1.82, 2.24) is 4.90 Å². The number of carbonyl (C=O) groups excluding carboxylic acids is 1. The molecular weight excluding hydrogens is 286 g/mol. The van der Waals surface area contributed by atoms with E-state index in [1.165, 1.54) is 0 Å². The highest BCUT2D eigenvalue weighted by atomic mass is 16.5. The molecule has 0 aromatic carbocycles. The van der Waals surface area contributed by atoms with E-state index in [2.05, 4.69) is 0 Å². The summed E-state index contributed by atoms with van der Waals surface area (Å²) in [5, 5.41) is 9.26. The number of piperidine rings is 1. The average Bonchev–Trinajstić information content (AvgIpc) is 3.10. The number of hydrogen-bond acceptors (Lipinski definition) is 4. The van der Waals surface area contributed by atoms with Gasteiger partial charge in [-0.3, -0.25) is 9.59 Å². The number of nitrogens with zero attached hydrogens (tertiary/aromatic N) is 1. The SMILES string of the molecule is CCO[C@@H]1C[C@H]1C(=O)N1CCC([C@@H]2OCC[C@H]2C(=O)O)CC1. The Morgan fingerprint density at radius 1 is 1.23 bits per heavy atom. The number of aliphatic carboxylic acids is 1. The minimum atomic E-state index is -0.751. The van der Waals surface area contributed by atoms with Gasteiger partial charge >= 0.3 is 5.97 Å². The molecule has 22 heavy (non-hydrogen) atoms. The van der Waals surface area contributed by atoms with E-state index in [9.17, 15) is 14.7 Å². The Labute approximate surface area is 130 Å². The third-order valence-electron chi connectivity index (χ3n) is 5.20. The van der Waals surface area contributed by atoms with Gasteiger partial charge in [-0.05, 0) is 38.5 Å². The summed E-state index contributed by atoms with van der Waals surface area (Å²) >= 11 is 0. The van der Waals surface area contributed by atoms with Crippen molar-refractivity contribution in [3.63, 3.8) is 0 Å². The zero-order valence-electron chi connectivity index (χ0n) is 13.1. The van der Waals surface area contributed by atoms with Crippen LogP contribution >= 0.6 is 0 Å². The summed E-state index contributed by atoms with van der Waals surface area (Å²) in [4.78, 5) is 25.6. The van der Waals surface area contributed by atoms with E-state index in [4.69, 9.17) is 9.47 Å². The summed E-state index contributed by atoms with van der Waals surface area (Å²) in [6.07, 6.45) is 3.08. The predicted molar refractivity (Wildman–Crippen MR) is 78.3 cm³/mol. The molecule has 1 amide bonds. The highest BCUT2D eigenvalue weighted by Crippen LogP contribution is 2.38. The molecule has 124 valence electrons. The van der Waals surface area contributed by atoms with Crippen LogP contribution in [0.3, 0.4) is 0 Å². The smallest absolute Gasteiger partial charge is 0.309 e. The van der Waals surface area contributed by atoms with Crippen molar-refractivity contribution in [2.24, 2.45) is 17.8 Å². The second-order valence-electron chi connectivity index (χ2n) is 6.57. The third kappa shape index (κ3) is 3.13. The highest BCUT2D eigenvalue weighted by molar-refractivity contribution is 5.82. The molecule has 2 aliphatic heterocycles. The molecule has 1 saturated carbocycles. The summed E-state index contributed by atoms with van der Waals surface area (Å²) in [7, 11) is 0. The minimum Gasteiger partial charge on any atom is -0.481 e. The van der Waals surface area contributed by atoms with Gasteiger partial charge in [-0.1, -0.05) is 0 Å². The van der Waals surface area contributed by atoms with E-state index in [0.29, 0.717) is 32.7 Å². The van der Waals surface area contributed by atoms with Gasteiger partial charge < -0.3 is 19.5 Å². The topological polar surface area (TPSA) is 76.1 Å². The first kappa shape index (κ1) is 15.7. The molecule has 0 aromatic rings. The van der Waals surface area contributed by atoms with E-state index in [0.717, 1.165) is 19.3 Å². The maximum atomic E-state index is 12.4. The number of amides is 1. The monoisotopic (exact) mass is 311 g/mol.